The highest BCUT2D eigenvalue weighted by Crippen LogP contribution is 2.15. The van der Waals surface area contributed by atoms with Crippen molar-refractivity contribution in [1.82, 2.24) is 5.32 Å². The minimum atomic E-state index is -0.509. The minimum absolute atomic E-state index is 0.0941. The molecule has 3 nitrogen and oxygen atoms in total. The molecule has 0 saturated heterocycles. The summed E-state index contributed by atoms with van der Waals surface area (Å²) >= 11 is 0. The van der Waals surface area contributed by atoms with Gasteiger partial charge in [-0.3, -0.25) is 4.79 Å². The van der Waals surface area contributed by atoms with Crippen LogP contribution in [0, 0.1) is 6.92 Å². The van der Waals surface area contributed by atoms with E-state index in [1.54, 1.807) is 6.92 Å². The molecule has 22 heavy (non-hydrogen) atoms. The molecular weight excluding hydrogens is 274 g/mol. The third-order valence-corrected chi connectivity index (χ3v) is 3.65. The Morgan fingerprint density at radius 2 is 1.68 bits per heavy atom. The van der Waals surface area contributed by atoms with Crippen LogP contribution in [-0.4, -0.2) is 18.6 Å². The van der Waals surface area contributed by atoms with E-state index >= 15 is 0 Å². The number of hydrogen-bond acceptors (Lipinski definition) is 2. The summed E-state index contributed by atoms with van der Waals surface area (Å²) in [6, 6.07) is 17.9. The number of nitrogens with one attached hydrogen (secondary N) is 1. The lowest BCUT2D eigenvalue weighted by Gasteiger charge is -2.17. The molecule has 2 rings (SSSR count). The summed E-state index contributed by atoms with van der Waals surface area (Å²) in [5, 5.41) is 2.95. The number of ether oxygens (including phenoxy) is 1. The van der Waals surface area contributed by atoms with E-state index < -0.39 is 6.10 Å². The van der Waals surface area contributed by atoms with Crippen molar-refractivity contribution in [2.75, 3.05) is 6.54 Å². The molecule has 1 amide bonds. The Morgan fingerprint density at radius 3 is 2.32 bits per heavy atom. The van der Waals surface area contributed by atoms with E-state index in [0.717, 1.165) is 0 Å². The Bertz CT molecular complexity index is 593. The number of hydrogen-bond donors (Lipinski definition) is 1. The molecule has 2 aromatic carbocycles. The predicted molar refractivity (Wildman–Crippen MR) is 89.1 cm³/mol. The summed E-state index contributed by atoms with van der Waals surface area (Å²) in [5.74, 6) is 0.893. The van der Waals surface area contributed by atoms with E-state index in [-0.39, 0.29) is 11.8 Å². The van der Waals surface area contributed by atoms with Crippen LogP contribution in [-0.2, 0) is 4.79 Å². The van der Waals surface area contributed by atoms with E-state index in [4.69, 9.17) is 4.74 Å². The second kappa shape index (κ2) is 7.64. The summed E-state index contributed by atoms with van der Waals surface area (Å²) < 4.78 is 5.66. The molecule has 0 aliphatic carbocycles. The van der Waals surface area contributed by atoms with Gasteiger partial charge in [-0.25, -0.2) is 0 Å². The number of amides is 1. The molecule has 1 N–H and O–H groups in total. The maximum absolute atomic E-state index is 12.1. The largest absolute Gasteiger partial charge is 0.481 e. The van der Waals surface area contributed by atoms with Crippen molar-refractivity contribution in [3.63, 3.8) is 0 Å². The van der Waals surface area contributed by atoms with Gasteiger partial charge in [0.2, 0.25) is 0 Å². The Labute approximate surface area is 132 Å². The molecule has 0 spiro atoms. The topological polar surface area (TPSA) is 38.3 Å². The molecule has 0 bridgehead atoms. The molecule has 0 unspecified atom stereocenters. The zero-order valence-electron chi connectivity index (χ0n) is 13.4. The van der Waals surface area contributed by atoms with Crippen LogP contribution < -0.4 is 10.1 Å². The van der Waals surface area contributed by atoms with Crippen molar-refractivity contribution < 1.29 is 9.53 Å². The standard InChI is InChI=1S/C19H23NO2/c1-14-9-11-18(12-10-14)22-16(3)19(21)20-13-15(2)17-7-5-4-6-8-17/h4-12,15-16H,13H2,1-3H3,(H,20,21)/t15-,16+/m1/s1. The summed E-state index contributed by atoms with van der Waals surface area (Å²) in [5.41, 5.74) is 2.39. The average molecular weight is 297 g/mol. The lowest BCUT2D eigenvalue weighted by molar-refractivity contribution is -0.127. The van der Waals surface area contributed by atoms with Gasteiger partial charge in [0.1, 0.15) is 5.75 Å². The quantitative estimate of drug-likeness (QED) is 0.883. The second-order valence-electron chi connectivity index (χ2n) is 5.63. The van der Waals surface area contributed by atoms with Gasteiger partial charge in [0.15, 0.2) is 6.10 Å². The first-order valence-corrected chi connectivity index (χ1v) is 7.62. The molecule has 0 aromatic heterocycles. The van der Waals surface area contributed by atoms with Gasteiger partial charge in [-0.1, -0.05) is 55.0 Å². The first-order chi connectivity index (χ1) is 10.6. The van der Waals surface area contributed by atoms with Crippen LogP contribution in [0.15, 0.2) is 54.6 Å². The van der Waals surface area contributed by atoms with Gasteiger partial charge in [0, 0.05) is 6.54 Å². The molecular formula is C19H23NO2. The van der Waals surface area contributed by atoms with Crippen LogP contribution in [0.1, 0.15) is 30.9 Å². The van der Waals surface area contributed by atoms with Crippen molar-refractivity contribution in [3.8, 4) is 5.75 Å². The second-order valence-corrected chi connectivity index (χ2v) is 5.63. The lowest BCUT2D eigenvalue weighted by atomic mass is 10.0. The fourth-order valence-corrected chi connectivity index (χ4v) is 2.17. The first kappa shape index (κ1) is 16.1. The van der Waals surface area contributed by atoms with E-state index in [9.17, 15) is 4.79 Å². The molecule has 0 aliphatic heterocycles. The number of carbonyl (C=O) groups is 1. The summed E-state index contributed by atoms with van der Waals surface area (Å²) in [4.78, 5) is 12.1. The summed E-state index contributed by atoms with van der Waals surface area (Å²) in [6.45, 7) is 6.48. The highest BCUT2D eigenvalue weighted by atomic mass is 16.5. The predicted octanol–water partition coefficient (Wildman–Crippen LogP) is 3.68. The van der Waals surface area contributed by atoms with Gasteiger partial charge >= 0.3 is 0 Å². The maximum Gasteiger partial charge on any atom is 0.260 e. The molecule has 116 valence electrons. The highest BCUT2D eigenvalue weighted by Gasteiger charge is 2.15. The number of rotatable bonds is 6. The van der Waals surface area contributed by atoms with Gasteiger partial charge in [0.25, 0.3) is 5.91 Å². The molecule has 0 heterocycles. The molecule has 2 atom stereocenters. The van der Waals surface area contributed by atoms with Gasteiger partial charge in [-0.15, -0.1) is 0 Å². The van der Waals surface area contributed by atoms with E-state index in [2.05, 4.69) is 24.4 Å². The van der Waals surface area contributed by atoms with Crippen LogP contribution in [0.2, 0.25) is 0 Å². The van der Waals surface area contributed by atoms with Crippen molar-refractivity contribution in [2.45, 2.75) is 32.8 Å². The SMILES string of the molecule is Cc1ccc(O[C@@H](C)C(=O)NC[C@@H](C)c2ccccc2)cc1. The van der Waals surface area contributed by atoms with E-state index in [1.807, 2.05) is 49.4 Å². The lowest BCUT2D eigenvalue weighted by Crippen LogP contribution is -2.38. The van der Waals surface area contributed by atoms with Crippen molar-refractivity contribution >= 4 is 5.91 Å². The van der Waals surface area contributed by atoms with Crippen molar-refractivity contribution in [1.29, 1.82) is 0 Å². The van der Waals surface area contributed by atoms with Crippen LogP contribution in [0.4, 0.5) is 0 Å². The fourth-order valence-electron chi connectivity index (χ4n) is 2.17. The Balaban J connectivity index is 1.82. The minimum Gasteiger partial charge on any atom is -0.481 e. The van der Waals surface area contributed by atoms with Crippen LogP contribution >= 0.6 is 0 Å². The molecule has 0 radical (unpaired) electrons. The fraction of sp³-hybridized carbons (Fsp3) is 0.316. The Kier molecular flexibility index (Phi) is 5.59. The smallest absolute Gasteiger partial charge is 0.260 e. The van der Waals surface area contributed by atoms with Gasteiger partial charge < -0.3 is 10.1 Å². The van der Waals surface area contributed by atoms with Gasteiger partial charge in [0.05, 0.1) is 0 Å². The van der Waals surface area contributed by atoms with Crippen molar-refractivity contribution in [3.05, 3.63) is 65.7 Å². The molecule has 3 heteroatoms. The zero-order valence-corrected chi connectivity index (χ0v) is 13.4. The van der Waals surface area contributed by atoms with Crippen molar-refractivity contribution in [2.24, 2.45) is 0 Å². The normalized spacial score (nSPS) is 13.2. The molecule has 0 saturated carbocycles. The van der Waals surface area contributed by atoms with E-state index in [0.29, 0.717) is 12.3 Å². The summed E-state index contributed by atoms with van der Waals surface area (Å²) in [6.07, 6.45) is -0.509. The molecule has 0 fully saturated rings. The summed E-state index contributed by atoms with van der Waals surface area (Å²) in [7, 11) is 0. The number of carbonyl (C=O) groups excluding carboxylic acids is 1. The van der Waals surface area contributed by atoms with E-state index in [1.165, 1.54) is 11.1 Å². The van der Waals surface area contributed by atoms with Gasteiger partial charge in [-0.05, 0) is 37.5 Å². The average Bonchev–Trinajstić information content (AvgIpc) is 2.55. The zero-order chi connectivity index (χ0) is 15.9. The number of aryl methyl sites for hydroxylation is 1. The van der Waals surface area contributed by atoms with Gasteiger partial charge in [-0.2, -0.15) is 0 Å². The Hall–Kier alpha value is -2.29. The van der Waals surface area contributed by atoms with Crippen LogP contribution in [0.3, 0.4) is 0 Å². The molecule has 0 aliphatic rings. The monoisotopic (exact) mass is 297 g/mol. The third kappa shape index (κ3) is 4.62. The third-order valence-electron chi connectivity index (χ3n) is 3.65. The first-order valence-electron chi connectivity index (χ1n) is 7.62. The Morgan fingerprint density at radius 1 is 1.05 bits per heavy atom. The molecule has 2 aromatic rings. The number of benzene rings is 2. The van der Waals surface area contributed by atoms with Crippen LogP contribution in [0.5, 0.6) is 5.75 Å². The highest BCUT2D eigenvalue weighted by molar-refractivity contribution is 5.80. The van der Waals surface area contributed by atoms with Crippen LogP contribution in [0.25, 0.3) is 0 Å². The maximum atomic E-state index is 12.1.